The van der Waals surface area contributed by atoms with Gasteiger partial charge in [-0.1, -0.05) is 15.9 Å². The molecule has 13 heavy (non-hydrogen) atoms. The van der Waals surface area contributed by atoms with Gasteiger partial charge in [-0.05, 0) is 0 Å². The molecule has 0 bridgehead atoms. The number of amides is 3. The summed E-state index contributed by atoms with van der Waals surface area (Å²) in [5, 5.41) is 4.25. The lowest BCUT2D eigenvalue weighted by molar-refractivity contribution is -0.144. The normalized spacial score (nSPS) is 27.5. The Morgan fingerprint density at radius 3 is 2.69 bits per heavy atom. The van der Waals surface area contributed by atoms with E-state index in [1.807, 2.05) is 5.32 Å². The first kappa shape index (κ1) is 9.97. The van der Waals surface area contributed by atoms with E-state index in [0.717, 1.165) is 0 Å². The molecule has 0 spiro atoms. The molecule has 0 saturated carbocycles. The Kier molecular flexibility index (Phi) is 2.86. The number of hydrogen-bond acceptors (Lipinski definition) is 4. The number of carbonyl (C=O) groups is 3. The Labute approximate surface area is 82.1 Å². The highest BCUT2D eigenvalue weighted by molar-refractivity contribution is 9.10. The highest BCUT2D eigenvalue weighted by Crippen LogP contribution is 2.10. The molecule has 7 heteroatoms. The van der Waals surface area contributed by atoms with Gasteiger partial charge in [0.2, 0.25) is 5.91 Å². The number of esters is 1. The zero-order chi connectivity index (χ0) is 10.0. The summed E-state index contributed by atoms with van der Waals surface area (Å²) in [5.41, 5.74) is 0. The summed E-state index contributed by atoms with van der Waals surface area (Å²) in [4.78, 5) is 32.0. The van der Waals surface area contributed by atoms with Crippen LogP contribution in [0.3, 0.4) is 0 Å². The van der Waals surface area contributed by atoms with Gasteiger partial charge in [0.05, 0.1) is 7.11 Å². The molecule has 1 fully saturated rings. The molecule has 0 aromatic rings. The Morgan fingerprint density at radius 2 is 2.15 bits per heavy atom. The number of alkyl halides is 1. The number of nitrogens with one attached hydrogen (secondary N) is 2. The van der Waals surface area contributed by atoms with Crippen molar-refractivity contribution in [1.29, 1.82) is 0 Å². The van der Waals surface area contributed by atoms with Gasteiger partial charge in [-0.15, -0.1) is 0 Å². The molecule has 0 aromatic carbocycles. The van der Waals surface area contributed by atoms with Crippen molar-refractivity contribution in [2.75, 3.05) is 7.11 Å². The standard InChI is InChI=1S/C6H7BrN2O4/c1-13-5(11)3-2(7)4(10)9-6(12)8-3/h2-3H,1H3,(H2,8,9,10,12). The molecule has 2 N–H and O–H groups in total. The third kappa shape index (κ3) is 1.97. The monoisotopic (exact) mass is 250 g/mol. The Balaban J connectivity index is 2.77. The van der Waals surface area contributed by atoms with E-state index in [0.29, 0.717) is 0 Å². The minimum atomic E-state index is -0.966. The third-order valence-electron chi connectivity index (χ3n) is 1.52. The average molecular weight is 251 g/mol. The molecule has 0 aliphatic carbocycles. The molecule has 2 unspecified atom stereocenters. The van der Waals surface area contributed by atoms with Crippen molar-refractivity contribution in [2.45, 2.75) is 10.9 Å². The lowest BCUT2D eigenvalue weighted by Gasteiger charge is -2.25. The van der Waals surface area contributed by atoms with Crippen molar-refractivity contribution < 1.29 is 19.1 Å². The van der Waals surface area contributed by atoms with E-state index in [1.54, 1.807) is 0 Å². The van der Waals surface area contributed by atoms with Crippen LogP contribution in [0.15, 0.2) is 0 Å². The molecule has 1 aliphatic heterocycles. The molecule has 1 rings (SSSR count). The maximum atomic E-state index is 11.0. The molecule has 2 atom stereocenters. The quantitative estimate of drug-likeness (QED) is 0.468. The number of hydrogen-bond donors (Lipinski definition) is 2. The number of rotatable bonds is 1. The highest BCUT2D eigenvalue weighted by atomic mass is 79.9. The zero-order valence-corrected chi connectivity index (χ0v) is 8.25. The van der Waals surface area contributed by atoms with Crippen LogP contribution >= 0.6 is 15.9 Å². The number of methoxy groups -OCH3 is 1. The Morgan fingerprint density at radius 1 is 1.54 bits per heavy atom. The van der Waals surface area contributed by atoms with Crippen LogP contribution in [0.1, 0.15) is 0 Å². The van der Waals surface area contributed by atoms with Crippen LogP contribution < -0.4 is 10.6 Å². The van der Waals surface area contributed by atoms with Crippen molar-refractivity contribution in [3.63, 3.8) is 0 Å². The maximum Gasteiger partial charge on any atom is 0.330 e. The second kappa shape index (κ2) is 3.73. The summed E-state index contributed by atoms with van der Waals surface area (Å²) in [5.74, 6) is -1.22. The minimum absolute atomic E-state index is 0.556. The number of ether oxygens (including phenoxy) is 1. The molecule has 3 amide bonds. The highest BCUT2D eigenvalue weighted by Gasteiger charge is 2.38. The first-order valence-electron chi connectivity index (χ1n) is 3.39. The smallest absolute Gasteiger partial charge is 0.330 e. The summed E-state index contributed by atoms with van der Waals surface area (Å²) in [7, 11) is 1.18. The van der Waals surface area contributed by atoms with E-state index in [9.17, 15) is 14.4 Å². The SMILES string of the molecule is COC(=O)C1NC(=O)NC(=O)C1Br. The van der Waals surface area contributed by atoms with Crippen LogP contribution in [0, 0.1) is 0 Å². The van der Waals surface area contributed by atoms with E-state index >= 15 is 0 Å². The van der Waals surface area contributed by atoms with Crippen molar-refractivity contribution in [3.8, 4) is 0 Å². The fourth-order valence-electron chi connectivity index (χ4n) is 0.888. The van der Waals surface area contributed by atoms with E-state index in [2.05, 4.69) is 26.0 Å². The number of halogens is 1. The van der Waals surface area contributed by atoms with Crippen molar-refractivity contribution >= 4 is 33.8 Å². The molecule has 0 radical (unpaired) electrons. The lowest BCUT2D eigenvalue weighted by Crippen LogP contribution is -2.61. The molecule has 72 valence electrons. The fraction of sp³-hybridized carbons (Fsp3) is 0.500. The molecular weight excluding hydrogens is 244 g/mol. The van der Waals surface area contributed by atoms with Crippen molar-refractivity contribution in [1.82, 2.24) is 10.6 Å². The topological polar surface area (TPSA) is 84.5 Å². The summed E-state index contributed by atoms with van der Waals surface area (Å²) in [6.07, 6.45) is 0. The Bertz CT molecular complexity index is 267. The summed E-state index contributed by atoms with van der Waals surface area (Å²) >= 11 is 2.96. The van der Waals surface area contributed by atoms with Crippen LogP contribution in [0.25, 0.3) is 0 Å². The van der Waals surface area contributed by atoms with E-state index in [4.69, 9.17) is 0 Å². The van der Waals surface area contributed by atoms with E-state index in [-0.39, 0.29) is 0 Å². The largest absolute Gasteiger partial charge is 0.467 e. The number of imide groups is 1. The average Bonchev–Trinajstić information content (AvgIpc) is 2.10. The van der Waals surface area contributed by atoms with Gasteiger partial charge in [0.25, 0.3) is 0 Å². The van der Waals surface area contributed by atoms with Crippen LogP contribution in [0.5, 0.6) is 0 Å². The van der Waals surface area contributed by atoms with Crippen molar-refractivity contribution in [3.05, 3.63) is 0 Å². The van der Waals surface area contributed by atoms with Gasteiger partial charge < -0.3 is 10.1 Å². The fourth-order valence-corrected chi connectivity index (χ4v) is 1.35. The van der Waals surface area contributed by atoms with E-state index in [1.165, 1.54) is 7.11 Å². The van der Waals surface area contributed by atoms with Crippen molar-refractivity contribution in [2.24, 2.45) is 0 Å². The van der Waals surface area contributed by atoms with Gasteiger partial charge >= 0.3 is 12.0 Å². The van der Waals surface area contributed by atoms with Gasteiger partial charge in [0, 0.05) is 0 Å². The van der Waals surface area contributed by atoms with Gasteiger partial charge in [-0.3, -0.25) is 10.1 Å². The summed E-state index contributed by atoms with van der Waals surface area (Å²) in [6, 6.07) is -1.66. The molecule has 0 aromatic heterocycles. The first-order valence-corrected chi connectivity index (χ1v) is 4.31. The van der Waals surface area contributed by atoms with Crippen LogP contribution in [0.2, 0.25) is 0 Å². The summed E-state index contributed by atoms with van der Waals surface area (Å²) in [6.45, 7) is 0. The van der Waals surface area contributed by atoms with Crippen LogP contribution in [0.4, 0.5) is 4.79 Å². The second-order valence-electron chi connectivity index (χ2n) is 2.37. The third-order valence-corrected chi connectivity index (χ3v) is 2.47. The Hall–Kier alpha value is -1.11. The van der Waals surface area contributed by atoms with Gasteiger partial charge in [0.1, 0.15) is 10.9 Å². The molecule has 6 nitrogen and oxygen atoms in total. The zero-order valence-electron chi connectivity index (χ0n) is 6.67. The first-order chi connectivity index (χ1) is 6.06. The summed E-state index contributed by atoms with van der Waals surface area (Å²) < 4.78 is 4.39. The van der Waals surface area contributed by atoms with Gasteiger partial charge in [-0.25, -0.2) is 9.59 Å². The van der Waals surface area contributed by atoms with Gasteiger partial charge in [-0.2, -0.15) is 0 Å². The number of urea groups is 1. The molecular formula is C6H7BrN2O4. The lowest BCUT2D eigenvalue weighted by atomic mass is 10.1. The minimum Gasteiger partial charge on any atom is -0.467 e. The van der Waals surface area contributed by atoms with Crippen LogP contribution in [-0.4, -0.2) is 35.9 Å². The second-order valence-corrected chi connectivity index (χ2v) is 3.35. The van der Waals surface area contributed by atoms with E-state index < -0.39 is 28.8 Å². The number of carbonyl (C=O) groups excluding carboxylic acids is 3. The molecule has 1 heterocycles. The van der Waals surface area contributed by atoms with Crippen LogP contribution in [-0.2, 0) is 14.3 Å². The molecule has 1 aliphatic rings. The maximum absolute atomic E-state index is 11.0. The predicted octanol–water partition coefficient (Wildman–Crippen LogP) is -0.869. The predicted molar refractivity (Wildman–Crippen MR) is 45.2 cm³/mol. The van der Waals surface area contributed by atoms with Gasteiger partial charge in [0.15, 0.2) is 0 Å². The molecule has 1 saturated heterocycles.